The molecule has 0 spiro atoms. The first-order valence-electron chi connectivity index (χ1n) is 7.82. The van der Waals surface area contributed by atoms with Crippen molar-refractivity contribution in [3.05, 3.63) is 64.7 Å². The fraction of sp³-hybridized carbons (Fsp3) is 0.316. The molecular formula is C19H24N2O2. The quantitative estimate of drug-likeness (QED) is 0.802. The summed E-state index contributed by atoms with van der Waals surface area (Å²) >= 11 is 0. The zero-order valence-electron chi connectivity index (χ0n) is 14.0. The molecule has 0 fully saturated rings. The van der Waals surface area contributed by atoms with Gasteiger partial charge >= 0.3 is 6.03 Å². The summed E-state index contributed by atoms with van der Waals surface area (Å²) < 4.78 is 5.74. The van der Waals surface area contributed by atoms with Gasteiger partial charge in [-0.1, -0.05) is 36.4 Å². The SMILES string of the molecule is Cc1cc(C)c(OCCNC(=O)NCc2ccccc2)cc1C. The molecule has 0 unspecified atom stereocenters. The molecule has 0 aliphatic rings. The van der Waals surface area contributed by atoms with Gasteiger partial charge in [-0.25, -0.2) is 4.79 Å². The van der Waals surface area contributed by atoms with E-state index >= 15 is 0 Å². The van der Waals surface area contributed by atoms with Crippen molar-refractivity contribution in [3.63, 3.8) is 0 Å². The molecule has 0 bridgehead atoms. The molecule has 2 N–H and O–H groups in total. The van der Waals surface area contributed by atoms with E-state index in [9.17, 15) is 4.79 Å². The van der Waals surface area contributed by atoms with Crippen molar-refractivity contribution in [1.29, 1.82) is 0 Å². The molecule has 122 valence electrons. The number of urea groups is 1. The van der Waals surface area contributed by atoms with Gasteiger partial charge in [0.1, 0.15) is 12.4 Å². The molecule has 2 aromatic carbocycles. The van der Waals surface area contributed by atoms with Crippen molar-refractivity contribution in [2.24, 2.45) is 0 Å². The Morgan fingerprint density at radius 2 is 1.65 bits per heavy atom. The Morgan fingerprint density at radius 1 is 0.957 bits per heavy atom. The highest BCUT2D eigenvalue weighted by molar-refractivity contribution is 5.73. The minimum Gasteiger partial charge on any atom is -0.491 e. The molecule has 0 aliphatic heterocycles. The molecule has 2 rings (SSSR count). The maximum absolute atomic E-state index is 11.7. The summed E-state index contributed by atoms with van der Waals surface area (Å²) in [6.45, 7) is 7.61. The van der Waals surface area contributed by atoms with E-state index < -0.39 is 0 Å². The Bertz CT molecular complexity index is 654. The molecule has 0 radical (unpaired) electrons. The molecule has 4 nitrogen and oxygen atoms in total. The number of carbonyl (C=O) groups excluding carboxylic acids is 1. The van der Waals surface area contributed by atoms with Gasteiger partial charge in [-0.05, 0) is 49.1 Å². The van der Waals surface area contributed by atoms with Crippen LogP contribution in [0.1, 0.15) is 22.3 Å². The molecule has 4 heteroatoms. The highest BCUT2D eigenvalue weighted by Crippen LogP contribution is 2.22. The molecule has 2 aromatic rings. The van der Waals surface area contributed by atoms with Crippen LogP contribution in [0.15, 0.2) is 42.5 Å². The molecule has 0 aliphatic carbocycles. The van der Waals surface area contributed by atoms with Gasteiger partial charge in [0.2, 0.25) is 0 Å². The molecule has 0 saturated carbocycles. The Hall–Kier alpha value is -2.49. The van der Waals surface area contributed by atoms with Crippen molar-refractivity contribution in [2.75, 3.05) is 13.2 Å². The van der Waals surface area contributed by atoms with E-state index in [1.165, 1.54) is 11.1 Å². The summed E-state index contributed by atoms with van der Waals surface area (Å²) in [6, 6.07) is 13.8. The average molecular weight is 312 g/mol. The van der Waals surface area contributed by atoms with E-state index in [2.05, 4.69) is 30.5 Å². The fourth-order valence-corrected chi connectivity index (χ4v) is 2.26. The number of benzene rings is 2. The lowest BCUT2D eigenvalue weighted by molar-refractivity contribution is 0.236. The fourth-order valence-electron chi connectivity index (χ4n) is 2.26. The van der Waals surface area contributed by atoms with Crippen LogP contribution in [0.2, 0.25) is 0 Å². The molecule has 0 saturated heterocycles. The van der Waals surface area contributed by atoms with Crippen LogP contribution in [0.4, 0.5) is 4.79 Å². The topological polar surface area (TPSA) is 50.4 Å². The lowest BCUT2D eigenvalue weighted by atomic mass is 10.1. The second kappa shape index (κ2) is 8.22. The van der Waals surface area contributed by atoms with Crippen LogP contribution in [-0.4, -0.2) is 19.2 Å². The van der Waals surface area contributed by atoms with Crippen LogP contribution in [-0.2, 0) is 6.54 Å². The maximum atomic E-state index is 11.7. The van der Waals surface area contributed by atoms with Crippen molar-refractivity contribution in [1.82, 2.24) is 10.6 Å². The van der Waals surface area contributed by atoms with Crippen LogP contribution < -0.4 is 15.4 Å². The summed E-state index contributed by atoms with van der Waals surface area (Å²) in [5.41, 5.74) is 4.65. The number of ether oxygens (including phenoxy) is 1. The molecule has 23 heavy (non-hydrogen) atoms. The first-order chi connectivity index (χ1) is 11.1. The van der Waals surface area contributed by atoms with Gasteiger partial charge in [-0.2, -0.15) is 0 Å². The van der Waals surface area contributed by atoms with Gasteiger partial charge in [0, 0.05) is 6.54 Å². The Balaban J connectivity index is 1.69. The summed E-state index contributed by atoms with van der Waals surface area (Å²) in [5, 5.41) is 5.61. The number of rotatable bonds is 6. The van der Waals surface area contributed by atoms with Crippen LogP contribution in [0.3, 0.4) is 0 Å². The molecule has 0 atom stereocenters. The van der Waals surface area contributed by atoms with E-state index in [4.69, 9.17) is 4.74 Å². The van der Waals surface area contributed by atoms with E-state index in [0.29, 0.717) is 19.7 Å². The van der Waals surface area contributed by atoms with Gasteiger partial charge in [0.25, 0.3) is 0 Å². The minimum atomic E-state index is -0.186. The first-order valence-corrected chi connectivity index (χ1v) is 7.82. The molecule has 2 amide bonds. The number of nitrogens with one attached hydrogen (secondary N) is 2. The lowest BCUT2D eigenvalue weighted by Crippen LogP contribution is -2.37. The zero-order valence-corrected chi connectivity index (χ0v) is 14.0. The summed E-state index contributed by atoms with van der Waals surface area (Å²) in [4.78, 5) is 11.7. The predicted molar refractivity (Wildman–Crippen MR) is 92.8 cm³/mol. The monoisotopic (exact) mass is 312 g/mol. The third-order valence-corrected chi connectivity index (χ3v) is 3.73. The van der Waals surface area contributed by atoms with Gasteiger partial charge in [0.05, 0.1) is 6.54 Å². The second-order valence-corrected chi connectivity index (χ2v) is 5.65. The zero-order chi connectivity index (χ0) is 16.7. The first kappa shape index (κ1) is 16.9. The van der Waals surface area contributed by atoms with Crippen LogP contribution in [0, 0.1) is 20.8 Å². The van der Waals surface area contributed by atoms with Gasteiger partial charge in [-0.15, -0.1) is 0 Å². The molecule has 0 aromatic heterocycles. The van der Waals surface area contributed by atoms with Crippen LogP contribution >= 0.6 is 0 Å². The molecular weight excluding hydrogens is 288 g/mol. The summed E-state index contributed by atoms with van der Waals surface area (Å²) in [5.74, 6) is 0.875. The highest BCUT2D eigenvalue weighted by Gasteiger charge is 2.04. The van der Waals surface area contributed by atoms with E-state index in [0.717, 1.165) is 16.9 Å². The third-order valence-electron chi connectivity index (χ3n) is 3.73. The summed E-state index contributed by atoms with van der Waals surface area (Å²) in [7, 11) is 0. The maximum Gasteiger partial charge on any atom is 0.315 e. The van der Waals surface area contributed by atoms with E-state index in [-0.39, 0.29) is 6.03 Å². The number of hydrogen-bond donors (Lipinski definition) is 2. The van der Waals surface area contributed by atoms with Crippen LogP contribution in [0.25, 0.3) is 0 Å². The number of carbonyl (C=O) groups is 1. The number of aryl methyl sites for hydroxylation is 3. The normalized spacial score (nSPS) is 10.2. The predicted octanol–water partition coefficient (Wildman–Crippen LogP) is 3.49. The number of hydrogen-bond acceptors (Lipinski definition) is 2. The Labute approximate surface area is 137 Å². The standard InChI is InChI=1S/C19H24N2O2/c1-14-11-16(3)18(12-15(14)2)23-10-9-20-19(22)21-13-17-7-5-4-6-8-17/h4-8,11-12H,9-10,13H2,1-3H3,(H2,20,21,22). The second-order valence-electron chi connectivity index (χ2n) is 5.65. The highest BCUT2D eigenvalue weighted by atomic mass is 16.5. The minimum absolute atomic E-state index is 0.186. The van der Waals surface area contributed by atoms with Gasteiger partial charge in [0.15, 0.2) is 0 Å². The van der Waals surface area contributed by atoms with Crippen molar-refractivity contribution >= 4 is 6.03 Å². The van der Waals surface area contributed by atoms with E-state index in [1.54, 1.807) is 0 Å². The van der Waals surface area contributed by atoms with Crippen molar-refractivity contribution in [2.45, 2.75) is 27.3 Å². The van der Waals surface area contributed by atoms with Crippen LogP contribution in [0.5, 0.6) is 5.75 Å². The largest absolute Gasteiger partial charge is 0.491 e. The van der Waals surface area contributed by atoms with Crippen molar-refractivity contribution < 1.29 is 9.53 Å². The van der Waals surface area contributed by atoms with Gasteiger partial charge < -0.3 is 15.4 Å². The lowest BCUT2D eigenvalue weighted by Gasteiger charge is -2.12. The Kier molecular flexibility index (Phi) is 6.03. The third kappa shape index (κ3) is 5.33. The van der Waals surface area contributed by atoms with Gasteiger partial charge in [-0.3, -0.25) is 0 Å². The Morgan fingerprint density at radius 3 is 2.39 bits per heavy atom. The summed E-state index contributed by atoms with van der Waals surface area (Å²) in [6.07, 6.45) is 0. The van der Waals surface area contributed by atoms with Crippen molar-refractivity contribution in [3.8, 4) is 5.75 Å². The van der Waals surface area contributed by atoms with E-state index in [1.807, 2.05) is 43.3 Å². The molecule has 0 heterocycles. The smallest absolute Gasteiger partial charge is 0.315 e. The number of amides is 2. The average Bonchev–Trinajstić information content (AvgIpc) is 2.55.